The van der Waals surface area contributed by atoms with Gasteiger partial charge in [-0.25, -0.2) is 8.42 Å². The van der Waals surface area contributed by atoms with Crippen molar-refractivity contribution in [3.63, 3.8) is 0 Å². The summed E-state index contributed by atoms with van der Waals surface area (Å²) >= 11 is 0. The number of amides is 1. The number of nitrogens with one attached hydrogen (secondary N) is 1. The van der Waals surface area contributed by atoms with Crippen molar-refractivity contribution >= 4 is 34.0 Å². The van der Waals surface area contributed by atoms with E-state index < -0.39 is 10.0 Å². The van der Waals surface area contributed by atoms with Crippen LogP contribution >= 0.6 is 12.4 Å². The number of sulfonamides is 1. The average molecular weight is 364 g/mol. The van der Waals surface area contributed by atoms with Crippen molar-refractivity contribution in [3.05, 3.63) is 29.8 Å². The number of hydrogen-bond acceptors (Lipinski definition) is 4. The van der Waals surface area contributed by atoms with E-state index in [9.17, 15) is 13.2 Å². The van der Waals surface area contributed by atoms with E-state index in [4.69, 9.17) is 0 Å². The van der Waals surface area contributed by atoms with E-state index >= 15 is 0 Å². The van der Waals surface area contributed by atoms with Gasteiger partial charge in [0.2, 0.25) is 10.0 Å². The number of rotatable bonds is 8. The van der Waals surface area contributed by atoms with Crippen molar-refractivity contribution in [2.45, 2.75) is 13.8 Å². The second kappa shape index (κ2) is 9.75. The SMILES string of the molecule is CCN(CC)CCNC(=O)c1ccc(N(C)S(C)(=O)=O)cc1.Cl. The van der Waals surface area contributed by atoms with Crippen LogP contribution in [0, 0.1) is 0 Å². The zero-order valence-corrected chi connectivity index (χ0v) is 15.7. The van der Waals surface area contributed by atoms with Gasteiger partial charge in [-0.3, -0.25) is 9.10 Å². The Balaban J connectivity index is 0.00000484. The molecule has 0 fully saturated rings. The van der Waals surface area contributed by atoms with Crippen LogP contribution in [0.5, 0.6) is 0 Å². The largest absolute Gasteiger partial charge is 0.351 e. The predicted octanol–water partition coefficient (Wildman–Crippen LogP) is 1.58. The Kier molecular flexibility index (Phi) is 9.19. The number of benzene rings is 1. The summed E-state index contributed by atoms with van der Waals surface area (Å²) in [4.78, 5) is 14.2. The molecule has 0 heterocycles. The molecule has 0 aliphatic heterocycles. The molecule has 8 heteroatoms. The lowest BCUT2D eigenvalue weighted by Gasteiger charge is -2.18. The Hall–Kier alpha value is -1.31. The van der Waals surface area contributed by atoms with Gasteiger partial charge in [0.15, 0.2) is 0 Å². The Labute approximate surface area is 145 Å². The molecule has 23 heavy (non-hydrogen) atoms. The molecular weight excluding hydrogens is 338 g/mol. The minimum atomic E-state index is -3.29. The van der Waals surface area contributed by atoms with Gasteiger partial charge in [0.05, 0.1) is 11.9 Å². The van der Waals surface area contributed by atoms with Crippen molar-refractivity contribution in [3.8, 4) is 0 Å². The van der Waals surface area contributed by atoms with Crippen LogP contribution in [0.1, 0.15) is 24.2 Å². The fourth-order valence-electron chi connectivity index (χ4n) is 1.98. The molecule has 0 aliphatic carbocycles. The molecule has 0 spiro atoms. The zero-order chi connectivity index (χ0) is 16.8. The quantitative estimate of drug-likeness (QED) is 0.761. The van der Waals surface area contributed by atoms with Gasteiger partial charge in [-0.1, -0.05) is 13.8 Å². The van der Waals surface area contributed by atoms with E-state index in [1.807, 2.05) is 0 Å². The molecule has 1 N–H and O–H groups in total. The molecule has 0 saturated heterocycles. The van der Waals surface area contributed by atoms with Crippen LogP contribution in [0.2, 0.25) is 0 Å². The maximum Gasteiger partial charge on any atom is 0.251 e. The van der Waals surface area contributed by atoms with Gasteiger partial charge in [0.1, 0.15) is 0 Å². The van der Waals surface area contributed by atoms with Gasteiger partial charge < -0.3 is 10.2 Å². The van der Waals surface area contributed by atoms with Crippen LogP contribution in [0.3, 0.4) is 0 Å². The Morgan fingerprint density at radius 3 is 2.09 bits per heavy atom. The summed E-state index contributed by atoms with van der Waals surface area (Å²) in [5.74, 6) is -0.152. The Bertz CT molecular complexity index is 586. The molecule has 0 atom stereocenters. The van der Waals surface area contributed by atoms with E-state index in [1.54, 1.807) is 24.3 Å². The third-order valence-electron chi connectivity index (χ3n) is 3.60. The van der Waals surface area contributed by atoms with Gasteiger partial charge in [0, 0.05) is 25.7 Å². The van der Waals surface area contributed by atoms with Gasteiger partial charge in [-0.15, -0.1) is 12.4 Å². The first kappa shape index (κ1) is 21.7. The Morgan fingerprint density at radius 1 is 1.13 bits per heavy atom. The number of carbonyl (C=O) groups excluding carboxylic acids is 1. The molecule has 0 radical (unpaired) electrons. The summed E-state index contributed by atoms with van der Waals surface area (Å²) < 4.78 is 24.1. The van der Waals surface area contributed by atoms with Crippen LogP contribution in [0.15, 0.2) is 24.3 Å². The lowest BCUT2D eigenvalue weighted by Crippen LogP contribution is -2.34. The normalized spacial score (nSPS) is 11.0. The first-order valence-electron chi connectivity index (χ1n) is 7.34. The molecule has 0 aliphatic rings. The number of anilines is 1. The van der Waals surface area contributed by atoms with Crippen molar-refractivity contribution in [2.75, 3.05) is 43.8 Å². The topological polar surface area (TPSA) is 69.7 Å². The monoisotopic (exact) mass is 363 g/mol. The molecule has 0 bridgehead atoms. The van der Waals surface area contributed by atoms with E-state index in [-0.39, 0.29) is 18.3 Å². The van der Waals surface area contributed by atoms with E-state index in [2.05, 4.69) is 24.1 Å². The molecule has 0 aromatic heterocycles. The minimum absolute atomic E-state index is 0. The van der Waals surface area contributed by atoms with Gasteiger partial charge >= 0.3 is 0 Å². The van der Waals surface area contributed by atoms with Crippen molar-refractivity contribution in [2.24, 2.45) is 0 Å². The van der Waals surface area contributed by atoms with E-state index in [0.29, 0.717) is 17.8 Å². The fraction of sp³-hybridized carbons (Fsp3) is 0.533. The maximum atomic E-state index is 12.0. The van der Waals surface area contributed by atoms with Gasteiger partial charge in [-0.05, 0) is 37.4 Å². The second-order valence-corrected chi connectivity index (χ2v) is 7.07. The highest BCUT2D eigenvalue weighted by molar-refractivity contribution is 7.92. The predicted molar refractivity (Wildman–Crippen MR) is 97.1 cm³/mol. The summed E-state index contributed by atoms with van der Waals surface area (Å²) in [5.41, 5.74) is 1.05. The van der Waals surface area contributed by atoms with Crippen LogP contribution < -0.4 is 9.62 Å². The highest BCUT2D eigenvalue weighted by Gasteiger charge is 2.12. The van der Waals surface area contributed by atoms with Crippen molar-refractivity contribution in [1.82, 2.24) is 10.2 Å². The first-order valence-corrected chi connectivity index (χ1v) is 9.19. The smallest absolute Gasteiger partial charge is 0.251 e. The number of carbonyl (C=O) groups is 1. The lowest BCUT2D eigenvalue weighted by atomic mass is 10.2. The summed E-state index contributed by atoms with van der Waals surface area (Å²) in [5, 5.41) is 2.86. The molecule has 1 amide bonds. The number of nitrogens with zero attached hydrogens (tertiary/aromatic N) is 2. The van der Waals surface area contributed by atoms with Gasteiger partial charge in [0.25, 0.3) is 5.91 Å². The fourth-order valence-corrected chi connectivity index (χ4v) is 2.49. The van der Waals surface area contributed by atoms with E-state index in [1.165, 1.54) is 11.4 Å². The number of likely N-dealkylation sites (N-methyl/N-ethyl adjacent to an activating group) is 1. The van der Waals surface area contributed by atoms with E-state index in [0.717, 1.165) is 25.9 Å². The van der Waals surface area contributed by atoms with Crippen LogP contribution in [0.25, 0.3) is 0 Å². The Morgan fingerprint density at radius 2 is 1.65 bits per heavy atom. The average Bonchev–Trinajstić information content (AvgIpc) is 2.50. The molecule has 132 valence electrons. The molecule has 0 unspecified atom stereocenters. The second-order valence-electron chi connectivity index (χ2n) is 5.06. The first-order chi connectivity index (χ1) is 10.3. The van der Waals surface area contributed by atoms with Crippen molar-refractivity contribution in [1.29, 1.82) is 0 Å². The summed E-state index contributed by atoms with van der Waals surface area (Å²) in [6, 6.07) is 6.51. The zero-order valence-electron chi connectivity index (χ0n) is 14.1. The summed E-state index contributed by atoms with van der Waals surface area (Å²) in [7, 11) is -1.81. The third kappa shape index (κ3) is 6.76. The highest BCUT2D eigenvalue weighted by atomic mass is 35.5. The third-order valence-corrected chi connectivity index (χ3v) is 4.80. The lowest BCUT2D eigenvalue weighted by molar-refractivity contribution is 0.0949. The van der Waals surface area contributed by atoms with Crippen LogP contribution in [-0.2, 0) is 10.0 Å². The number of hydrogen-bond donors (Lipinski definition) is 1. The number of halogens is 1. The molecule has 6 nitrogen and oxygen atoms in total. The maximum absolute atomic E-state index is 12.0. The van der Waals surface area contributed by atoms with Crippen LogP contribution in [-0.4, -0.2) is 58.7 Å². The molecule has 1 aromatic carbocycles. The highest BCUT2D eigenvalue weighted by Crippen LogP contribution is 2.16. The molecule has 1 aromatic rings. The summed E-state index contributed by atoms with van der Waals surface area (Å²) in [6.07, 6.45) is 1.14. The standard InChI is InChI=1S/C15H25N3O3S.ClH/c1-5-18(6-2)12-11-16-15(19)13-7-9-14(10-8-13)17(3)22(4,20)21;/h7-10H,5-6,11-12H2,1-4H3,(H,16,19);1H. The molecular formula is C15H26ClN3O3S. The molecule has 1 rings (SSSR count). The minimum Gasteiger partial charge on any atom is -0.351 e. The molecule has 0 saturated carbocycles. The summed E-state index contributed by atoms with van der Waals surface area (Å²) in [6.45, 7) is 7.49. The van der Waals surface area contributed by atoms with Gasteiger partial charge in [-0.2, -0.15) is 0 Å². The van der Waals surface area contributed by atoms with Crippen molar-refractivity contribution < 1.29 is 13.2 Å². The van der Waals surface area contributed by atoms with Crippen LogP contribution in [0.4, 0.5) is 5.69 Å².